The number of rotatable bonds is 5. The summed E-state index contributed by atoms with van der Waals surface area (Å²) in [5.41, 5.74) is 2.29. The van der Waals surface area contributed by atoms with E-state index in [2.05, 4.69) is 26.5 Å². The van der Waals surface area contributed by atoms with Gasteiger partial charge < -0.3 is 15.1 Å². The minimum absolute atomic E-state index is 0.0270. The first kappa shape index (κ1) is 19.0. The number of urea groups is 1. The Balaban J connectivity index is 1.34. The monoisotopic (exact) mass is 399 g/mol. The van der Waals surface area contributed by atoms with Crippen LogP contribution < -0.4 is 10.2 Å². The van der Waals surface area contributed by atoms with Crippen molar-refractivity contribution in [2.24, 2.45) is 0 Å². The van der Waals surface area contributed by atoms with Crippen LogP contribution in [0.2, 0.25) is 5.02 Å². The number of nitrogens with zero attached hydrogens (tertiary/aromatic N) is 4. The van der Waals surface area contributed by atoms with Gasteiger partial charge in [0, 0.05) is 42.8 Å². The van der Waals surface area contributed by atoms with E-state index in [0.717, 1.165) is 42.3 Å². The van der Waals surface area contributed by atoms with Crippen molar-refractivity contribution in [1.29, 1.82) is 0 Å². The topological polar surface area (TPSA) is 61.4 Å². The molecule has 2 heterocycles. The molecule has 2 amide bonds. The Hall–Kier alpha value is -2.34. The van der Waals surface area contributed by atoms with Crippen LogP contribution in [0.5, 0.6) is 0 Å². The molecule has 1 aromatic carbocycles. The lowest BCUT2D eigenvalue weighted by molar-refractivity contribution is 0.182. The van der Waals surface area contributed by atoms with Crippen LogP contribution in [0.1, 0.15) is 36.8 Å². The zero-order valence-electron chi connectivity index (χ0n) is 16.3. The third kappa shape index (κ3) is 3.92. The van der Waals surface area contributed by atoms with Gasteiger partial charge in [-0.15, -0.1) is 5.10 Å². The Kier molecular flexibility index (Phi) is 5.40. The smallest absolute Gasteiger partial charge is 0.317 e. The highest BCUT2D eigenvalue weighted by Gasteiger charge is 2.41. The van der Waals surface area contributed by atoms with Crippen molar-refractivity contribution in [3.05, 3.63) is 52.7 Å². The standard InChI is InChI=1S/C21H26ClN5O/c1-3-27(16-8-10-26(13-16)20-5-4-9-23-25-20)21(28)24-19-12-17(19)15-7-6-14(2)18(22)11-15/h4-7,9,11,16-17,19H,3,8,10,12-13H2,1-2H3,(H,24,28)/t16-,17+,19-/m0/s1. The van der Waals surface area contributed by atoms with Crippen molar-refractivity contribution >= 4 is 23.4 Å². The number of benzene rings is 1. The van der Waals surface area contributed by atoms with E-state index in [1.54, 1.807) is 6.20 Å². The lowest BCUT2D eigenvalue weighted by Crippen LogP contribution is -2.48. The van der Waals surface area contributed by atoms with Crippen molar-refractivity contribution in [2.75, 3.05) is 24.5 Å². The molecule has 0 bridgehead atoms. The van der Waals surface area contributed by atoms with Crippen LogP contribution in [0.25, 0.3) is 0 Å². The third-order valence-electron chi connectivity index (χ3n) is 5.81. The maximum Gasteiger partial charge on any atom is 0.317 e. The van der Waals surface area contributed by atoms with E-state index in [1.165, 1.54) is 5.56 Å². The van der Waals surface area contributed by atoms with E-state index in [-0.39, 0.29) is 18.1 Å². The quantitative estimate of drug-likeness (QED) is 0.834. The van der Waals surface area contributed by atoms with E-state index in [9.17, 15) is 4.79 Å². The largest absolute Gasteiger partial charge is 0.353 e. The molecule has 148 valence electrons. The second-order valence-electron chi connectivity index (χ2n) is 7.66. The van der Waals surface area contributed by atoms with E-state index < -0.39 is 0 Å². The summed E-state index contributed by atoms with van der Waals surface area (Å²) >= 11 is 6.25. The molecule has 1 aromatic heterocycles. The molecular formula is C21H26ClN5O. The van der Waals surface area contributed by atoms with Gasteiger partial charge in [-0.2, -0.15) is 5.10 Å². The SMILES string of the molecule is CCN(C(=O)N[C@H]1C[C@@H]1c1ccc(C)c(Cl)c1)[C@H]1CCN(c2cccnn2)C1. The van der Waals surface area contributed by atoms with Crippen LogP contribution in [0.3, 0.4) is 0 Å². The van der Waals surface area contributed by atoms with Crippen LogP contribution in [0.15, 0.2) is 36.5 Å². The Bertz CT molecular complexity index is 846. The number of likely N-dealkylation sites (N-methyl/N-ethyl adjacent to an activating group) is 1. The summed E-state index contributed by atoms with van der Waals surface area (Å²) in [6.45, 7) is 6.42. The maximum atomic E-state index is 12.9. The molecule has 2 aliphatic rings. The molecule has 2 fully saturated rings. The van der Waals surface area contributed by atoms with Gasteiger partial charge in [0.05, 0.1) is 6.04 Å². The van der Waals surface area contributed by atoms with Gasteiger partial charge in [0.25, 0.3) is 0 Å². The number of carbonyl (C=O) groups is 1. The van der Waals surface area contributed by atoms with E-state index in [4.69, 9.17) is 11.6 Å². The lowest BCUT2D eigenvalue weighted by atomic mass is 10.1. The summed E-state index contributed by atoms with van der Waals surface area (Å²) in [6, 6.07) is 10.5. The molecule has 1 saturated heterocycles. The predicted molar refractivity (Wildman–Crippen MR) is 111 cm³/mol. The first-order valence-corrected chi connectivity index (χ1v) is 10.3. The van der Waals surface area contributed by atoms with E-state index in [0.29, 0.717) is 12.5 Å². The Morgan fingerprint density at radius 2 is 2.25 bits per heavy atom. The number of hydrogen-bond acceptors (Lipinski definition) is 4. The van der Waals surface area contributed by atoms with Gasteiger partial charge in [0.15, 0.2) is 5.82 Å². The van der Waals surface area contributed by atoms with Crippen molar-refractivity contribution < 1.29 is 4.79 Å². The highest BCUT2D eigenvalue weighted by molar-refractivity contribution is 6.31. The molecule has 0 radical (unpaired) electrons. The Morgan fingerprint density at radius 3 is 2.96 bits per heavy atom. The van der Waals surface area contributed by atoms with Gasteiger partial charge in [0.2, 0.25) is 0 Å². The molecule has 1 aliphatic carbocycles. The summed E-state index contributed by atoms with van der Waals surface area (Å²) in [7, 11) is 0. The summed E-state index contributed by atoms with van der Waals surface area (Å²) in [5, 5.41) is 12.2. The molecule has 4 rings (SSSR count). The number of carbonyl (C=O) groups excluding carboxylic acids is 1. The fourth-order valence-corrected chi connectivity index (χ4v) is 4.23. The normalized spacial score (nSPS) is 23.5. The molecule has 3 atom stereocenters. The van der Waals surface area contributed by atoms with Crippen LogP contribution in [0, 0.1) is 6.92 Å². The molecular weight excluding hydrogens is 374 g/mol. The van der Waals surface area contributed by atoms with Crippen molar-refractivity contribution in [2.45, 2.75) is 44.7 Å². The molecule has 0 unspecified atom stereocenters. The van der Waals surface area contributed by atoms with Gasteiger partial charge >= 0.3 is 6.03 Å². The van der Waals surface area contributed by atoms with Crippen LogP contribution in [-0.2, 0) is 0 Å². The molecule has 0 spiro atoms. The molecule has 1 N–H and O–H groups in total. The van der Waals surface area contributed by atoms with Gasteiger partial charge in [-0.1, -0.05) is 23.7 Å². The minimum Gasteiger partial charge on any atom is -0.353 e. The number of anilines is 1. The summed E-state index contributed by atoms with van der Waals surface area (Å²) in [4.78, 5) is 17.0. The van der Waals surface area contributed by atoms with Gasteiger partial charge in [-0.05, 0) is 56.0 Å². The highest BCUT2D eigenvalue weighted by Crippen LogP contribution is 2.42. The number of aryl methyl sites for hydroxylation is 1. The number of hydrogen-bond donors (Lipinski definition) is 1. The second-order valence-corrected chi connectivity index (χ2v) is 8.07. The maximum absolute atomic E-state index is 12.9. The summed E-state index contributed by atoms with van der Waals surface area (Å²) in [6.07, 6.45) is 3.59. The minimum atomic E-state index is 0.0270. The Labute approximate surface area is 170 Å². The average Bonchev–Trinajstić information content (AvgIpc) is 3.29. The average molecular weight is 400 g/mol. The first-order valence-electron chi connectivity index (χ1n) is 9.92. The molecule has 7 heteroatoms. The first-order chi connectivity index (χ1) is 13.6. The van der Waals surface area contributed by atoms with Crippen molar-refractivity contribution in [3.63, 3.8) is 0 Å². The molecule has 2 aromatic rings. The van der Waals surface area contributed by atoms with E-state index >= 15 is 0 Å². The van der Waals surface area contributed by atoms with Gasteiger partial charge in [-0.3, -0.25) is 0 Å². The molecule has 1 aliphatic heterocycles. The molecule has 28 heavy (non-hydrogen) atoms. The fraction of sp³-hybridized carbons (Fsp3) is 0.476. The summed E-state index contributed by atoms with van der Waals surface area (Å²) < 4.78 is 0. The highest BCUT2D eigenvalue weighted by atomic mass is 35.5. The third-order valence-corrected chi connectivity index (χ3v) is 6.22. The number of nitrogens with one attached hydrogen (secondary N) is 1. The number of halogens is 1. The van der Waals surface area contributed by atoms with Gasteiger partial charge in [-0.25, -0.2) is 4.79 Å². The van der Waals surface area contributed by atoms with Crippen LogP contribution >= 0.6 is 11.6 Å². The lowest BCUT2D eigenvalue weighted by Gasteiger charge is -2.28. The van der Waals surface area contributed by atoms with Crippen LogP contribution in [-0.4, -0.2) is 52.8 Å². The number of aromatic nitrogens is 2. The zero-order valence-corrected chi connectivity index (χ0v) is 17.1. The van der Waals surface area contributed by atoms with E-state index in [1.807, 2.05) is 43.0 Å². The summed E-state index contributed by atoms with van der Waals surface area (Å²) in [5.74, 6) is 1.24. The second kappa shape index (κ2) is 7.95. The van der Waals surface area contributed by atoms with Crippen molar-refractivity contribution in [3.8, 4) is 0 Å². The fourth-order valence-electron chi connectivity index (χ4n) is 4.04. The zero-order chi connectivity index (χ0) is 19.7. The number of amides is 2. The molecule has 1 saturated carbocycles. The molecule has 6 nitrogen and oxygen atoms in total. The van der Waals surface area contributed by atoms with Crippen molar-refractivity contribution in [1.82, 2.24) is 20.4 Å². The van der Waals surface area contributed by atoms with Crippen LogP contribution in [0.4, 0.5) is 10.6 Å². The Morgan fingerprint density at radius 1 is 1.39 bits per heavy atom. The predicted octanol–water partition coefficient (Wildman–Crippen LogP) is 3.60. The van der Waals surface area contributed by atoms with Gasteiger partial charge in [0.1, 0.15) is 0 Å².